The van der Waals surface area contributed by atoms with E-state index in [-0.39, 0.29) is 5.97 Å². The molecular weight excluding hydrogens is 238 g/mol. The van der Waals surface area contributed by atoms with Gasteiger partial charge in [0.05, 0.1) is 12.2 Å². The summed E-state index contributed by atoms with van der Waals surface area (Å²) in [6.07, 6.45) is 5.34. The van der Waals surface area contributed by atoms with Crippen LogP contribution < -0.4 is 5.32 Å². The maximum absolute atomic E-state index is 11.9. The molecule has 2 aliphatic rings. The highest BCUT2D eigenvalue weighted by molar-refractivity contribution is 5.95. The van der Waals surface area contributed by atoms with Crippen LogP contribution in [0, 0.1) is 11.8 Å². The van der Waals surface area contributed by atoms with Crippen molar-refractivity contribution in [1.82, 2.24) is 0 Å². The van der Waals surface area contributed by atoms with E-state index in [9.17, 15) is 4.79 Å². The summed E-state index contributed by atoms with van der Waals surface area (Å²) >= 11 is 0. The number of esters is 1. The van der Waals surface area contributed by atoms with Crippen LogP contribution in [0.25, 0.3) is 0 Å². The highest BCUT2D eigenvalue weighted by atomic mass is 16.5. The standard InChI is InChI=1S/C16H21NO2/c1-2-19-16(18)13-5-3-4-6-14(13)17-15-10-11-7-8-12(15)9-11/h3-6,11-12,15,17H,2,7-10H2,1H3. The topological polar surface area (TPSA) is 38.3 Å². The fraction of sp³-hybridized carbons (Fsp3) is 0.562. The van der Waals surface area contributed by atoms with Crippen LogP contribution in [0.15, 0.2) is 24.3 Å². The van der Waals surface area contributed by atoms with Crippen LogP contribution in [0.3, 0.4) is 0 Å². The summed E-state index contributed by atoms with van der Waals surface area (Å²) in [5, 5.41) is 3.58. The molecule has 0 heterocycles. The maximum atomic E-state index is 11.9. The van der Waals surface area contributed by atoms with E-state index < -0.39 is 0 Å². The molecule has 2 fully saturated rings. The number of fused-ring (bicyclic) bond motifs is 2. The van der Waals surface area contributed by atoms with Crippen LogP contribution in [-0.2, 0) is 4.74 Å². The van der Waals surface area contributed by atoms with Crippen LogP contribution in [0.2, 0.25) is 0 Å². The predicted octanol–water partition coefficient (Wildman–Crippen LogP) is 3.46. The molecule has 1 aromatic rings. The molecular formula is C16H21NO2. The fourth-order valence-corrected chi connectivity index (χ4v) is 3.62. The molecule has 1 aromatic carbocycles. The molecule has 0 saturated heterocycles. The summed E-state index contributed by atoms with van der Waals surface area (Å²) in [6.45, 7) is 2.26. The number of para-hydroxylation sites is 1. The van der Waals surface area contributed by atoms with Crippen molar-refractivity contribution in [2.24, 2.45) is 11.8 Å². The van der Waals surface area contributed by atoms with Crippen molar-refractivity contribution in [3.05, 3.63) is 29.8 Å². The van der Waals surface area contributed by atoms with Crippen molar-refractivity contribution in [1.29, 1.82) is 0 Å². The Bertz CT molecular complexity index is 472. The Morgan fingerprint density at radius 3 is 2.84 bits per heavy atom. The third kappa shape index (κ3) is 2.46. The van der Waals surface area contributed by atoms with Crippen LogP contribution >= 0.6 is 0 Å². The summed E-state index contributed by atoms with van der Waals surface area (Å²) in [5.41, 5.74) is 1.59. The largest absolute Gasteiger partial charge is 0.462 e. The average molecular weight is 259 g/mol. The molecule has 3 unspecified atom stereocenters. The van der Waals surface area contributed by atoms with Gasteiger partial charge in [0.15, 0.2) is 0 Å². The fourth-order valence-electron chi connectivity index (χ4n) is 3.62. The van der Waals surface area contributed by atoms with Crippen LogP contribution in [-0.4, -0.2) is 18.6 Å². The van der Waals surface area contributed by atoms with Gasteiger partial charge in [-0.2, -0.15) is 0 Å². The first kappa shape index (κ1) is 12.5. The van der Waals surface area contributed by atoms with Gasteiger partial charge in [0.25, 0.3) is 0 Å². The Kier molecular flexibility index (Phi) is 3.45. The molecule has 2 aliphatic carbocycles. The molecule has 1 N–H and O–H groups in total. The Labute approximate surface area is 114 Å². The molecule has 3 rings (SSSR count). The van der Waals surface area contributed by atoms with E-state index in [4.69, 9.17) is 4.74 Å². The normalized spacial score (nSPS) is 28.4. The number of ether oxygens (including phenoxy) is 1. The van der Waals surface area contributed by atoms with Crippen molar-refractivity contribution < 1.29 is 9.53 Å². The third-order valence-corrected chi connectivity index (χ3v) is 4.50. The summed E-state index contributed by atoms with van der Waals surface area (Å²) in [4.78, 5) is 11.9. The van der Waals surface area contributed by atoms with Crippen molar-refractivity contribution in [2.75, 3.05) is 11.9 Å². The molecule has 2 bridgehead atoms. The molecule has 3 atom stereocenters. The van der Waals surface area contributed by atoms with Gasteiger partial charge in [0.1, 0.15) is 0 Å². The smallest absolute Gasteiger partial charge is 0.340 e. The minimum absolute atomic E-state index is 0.228. The zero-order valence-corrected chi connectivity index (χ0v) is 11.4. The third-order valence-electron chi connectivity index (χ3n) is 4.50. The second-order valence-electron chi connectivity index (χ2n) is 5.69. The molecule has 0 amide bonds. The second-order valence-corrected chi connectivity index (χ2v) is 5.69. The van der Waals surface area contributed by atoms with E-state index in [1.165, 1.54) is 25.7 Å². The van der Waals surface area contributed by atoms with Crippen LogP contribution in [0.4, 0.5) is 5.69 Å². The van der Waals surface area contributed by atoms with Gasteiger partial charge >= 0.3 is 5.97 Å². The Morgan fingerprint density at radius 1 is 1.32 bits per heavy atom. The Morgan fingerprint density at radius 2 is 2.16 bits per heavy atom. The van der Waals surface area contributed by atoms with E-state index in [1.54, 1.807) is 0 Å². The van der Waals surface area contributed by atoms with Gasteiger partial charge in [-0.05, 0) is 50.2 Å². The zero-order chi connectivity index (χ0) is 13.2. The summed E-state index contributed by atoms with van der Waals surface area (Å²) in [7, 11) is 0. The number of nitrogens with one attached hydrogen (secondary N) is 1. The number of carbonyl (C=O) groups is 1. The van der Waals surface area contributed by atoms with Crippen molar-refractivity contribution >= 4 is 11.7 Å². The van der Waals surface area contributed by atoms with E-state index in [1.807, 2.05) is 31.2 Å². The highest BCUT2D eigenvalue weighted by Crippen LogP contribution is 2.45. The van der Waals surface area contributed by atoms with Gasteiger partial charge in [-0.25, -0.2) is 4.79 Å². The summed E-state index contributed by atoms with van der Waals surface area (Å²) in [6, 6.07) is 8.22. The molecule has 0 aliphatic heterocycles. The van der Waals surface area contributed by atoms with E-state index in [0.29, 0.717) is 18.2 Å². The van der Waals surface area contributed by atoms with E-state index in [0.717, 1.165) is 17.5 Å². The minimum Gasteiger partial charge on any atom is -0.462 e. The number of benzene rings is 1. The SMILES string of the molecule is CCOC(=O)c1ccccc1NC1CC2CCC1C2. The lowest BCUT2D eigenvalue weighted by atomic mass is 9.95. The van der Waals surface area contributed by atoms with Crippen LogP contribution in [0.5, 0.6) is 0 Å². The van der Waals surface area contributed by atoms with Crippen molar-refractivity contribution in [3.8, 4) is 0 Å². The Balaban J connectivity index is 1.75. The monoisotopic (exact) mass is 259 g/mol. The van der Waals surface area contributed by atoms with Crippen LogP contribution in [0.1, 0.15) is 43.0 Å². The van der Waals surface area contributed by atoms with Gasteiger partial charge in [0.2, 0.25) is 0 Å². The predicted molar refractivity (Wildman–Crippen MR) is 75.3 cm³/mol. The lowest BCUT2D eigenvalue weighted by Gasteiger charge is -2.25. The van der Waals surface area contributed by atoms with Crippen molar-refractivity contribution in [3.63, 3.8) is 0 Å². The molecule has 2 saturated carbocycles. The molecule has 102 valence electrons. The number of hydrogen-bond acceptors (Lipinski definition) is 3. The zero-order valence-electron chi connectivity index (χ0n) is 11.4. The summed E-state index contributed by atoms with van der Waals surface area (Å²) < 4.78 is 5.12. The molecule has 19 heavy (non-hydrogen) atoms. The van der Waals surface area contributed by atoms with E-state index >= 15 is 0 Å². The van der Waals surface area contributed by atoms with Gasteiger partial charge in [-0.1, -0.05) is 18.6 Å². The number of carbonyl (C=O) groups excluding carboxylic acids is 1. The molecule has 3 heteroatoms. The highest BCUT2D eigenvalue weighted by Gasteiger charge is 2.39. The second kappa shape index (κ2) is 5.24. The first-order valence-corrected chi connectivity index (χ1v) is 7.30. The quantitative estimate of drug-likeness (QED) is 0.841. The molecule has 0 spiro atoms. The Hall–Kier alpha value is -1.51. The molecule has 0 aromatic heterocycles. The van der Waals surface area contributed by atoms with E-state index in [2.05, 4.69) is 5.32 Å². The summed E-state index contributed by atoms with van der Waals surface area (Å²) in [5.74, 6) is 1.46. The van der Waals surface area contributed by atoms with Gasteiger partial charge < -0.3 is 10.1 Å². The number of hydrogen-bond donors (Lipinski definition) is 1. The van der Waals surface area contributed by atoms with Gasteiger partial charge in [-0.15, -0.1) is 0 Å². The lowest BCUT2D eigenvalue weighted by Crippen LogP contribution is -2.27. The van der Waals surface area contributed by atoms with Gasteiger partial charge in [-0.3, -0.25) is 0 Å². The first-order valence-electron chi connectivity index (χ1n) is 7.30. The maximum Gasteiger partial charge on any atom is 0.340 e. The molecule has 0 radical (unpaired) electrons. The number of rotatable bonds is 4. The minimum atomic E-state index is -0.228. The average Bonchev–Trinajstić information content (AvgIpc) is 3.02. The van der Waals surface area contributed by atoms with Crippen molar-refractivity contribution in [2.45, 2.75) is 38.6 Å². The van der Waals surface area contributed by atoms with Gasteiger partial charge in [0, 0.05) is 11.7 Å². The lowest BCUT2D eigenvalue weighted by molar-refractivity contribution is 0.0527. The molecule has 3 nitrogen and oxygen atoms in total. The number of anilines is 1. The first-order chi connectivity index (χ1) is 9.28.